The molecule has 2 N–H and O–H groups in total. The molecular formula is C24H22N4O4S. The summed E-state index contributed by atoms with van der Waals surface area (Å²) >= 11 is 1.27. The Bertz CT molecular complexity index is 1380. The lowest BCUT2D eigenvalue weighted by Gasteiger charge is -2.11. The zero-order valence-corrected chi connectivity index (χ0v) is 18.9. The van der Waals surface area contributed by atoms with Gasteiger partial charge in [0.2, 0.25) is 0 Å². The van der Waals surface area contributed by atoms with E-state index in [4.69, 9.17) is 4.74 Å². The van der Waals surface area contributed by atoms with Crippen LogP contribution in [-0.4, -0.2) is 28.2 Å². The van der Waals surface area contributed by atoms with Crippen LogP contribution in [0.1, 0.15) is 34.0 Å². The van der Waals surface area contributed by atoms with Crippen LogP contribution in [-0.2, 0) is 6.54 Å². The highest BCUT2D eigenvalue weighted by Gasteiger charge is 2.21. The number of nitrogens with one attached hydrogen (secondary N) is 2. The second kappa shape index (κ2) is 9.66. The highest BCUT2D eigenvalue weighted by atomic mass is 32.1. The van der Waals surface area contributed by atoms with E-state index in [1.165, 1.54) is 16.0 Å². The average molecular weight is 463 g/mol. The van der Waals surface area contributed by atoms with Crippen LogP contribution in [0.15, 0.2) is 65.5 Å². The topological polar surface area (TPSA) is 102 Å². The van der Waals surface area contributed by atoms with E-state index in [0.29, 0.717) is 34.6 Å². The minimum absolute atomic E-state index is 0.0496. The van der Waals surface area contributed by atoms with E-state index in [-0.39, 0.29) is 11.3 Å². The maximum Gasteiger partial charge on any atom is 0.290 e. The van der Waals surface area contributed by atoms with E-state index in [0.717, 1.165) is 10.4 Å². The molecule has 0 saturated heterocycles. The summed E-state index contributed by atoms with van der Waals surface area (Å²) in [6.07, 6.45) is 0. The molecule has 8 nitrogen and oxygen atoms in total. The third-order valence-electron chi connectivity index (χ3n) is 4.93. The molecule has 0 bridgehead atoms. The molecule has 0 unspecified atom stereocenters. The van der Waals surface area contributed by atoms with Crippen LogP contribution in [0.5, 0.6) is 5.75 Å². The van der Waals surface area contributed by atoms with Gasteiger partial charge in [-0.1, -0.05) is 48.5 Å². The van der Waals surface area contributed by atoms with Crippen molar-refractivity contribution in [2.24, 2.45) is 0 Å². The zero-order chi connectivity index (χ0) is 23.4. The van der Waals surface area contributed by atoms with Crippen LogP contribution >= 0.6 is 11.3 Å². The molecule has 4 rings (SSSR count). The van der Waals surface area contributed by atoms with Crippen molar-refractivity contribution in [1.29, 1.82) is 0 Å². The molecular weight excluding hydrogens is 440 g/mol. The van der Waals surface area contributed by atoms with Gasteiger partial charge in [-0.25, -0.2) is 4.68 Å². The molecule has 2 aromatic heterocycles. The minimum Gasteiger partial charge on any atom is -0.492 e. The average Bonchev–Trinajstić information content (AvgIpc) is 3.27. The highest BCUT2D eigenvalue weighted by Crippen LogP contribution is 2.36. The summed E-state index contributed by atoms with van der Waals surface area (Å²) in [6, 6.07) is 18.2. The van der Waals surface area contributed by atoms with Crippen LogP contribution in [0.3, 0.4) is 0 Å². The van der Waals surface area contributed by atoms with Crippen molar-refractivity contribution in [1.82, 2.24) is 20.6 Å². The molecule has 9 heteroatoms. The van der Waals surface area contributed by atoms with Gasteiger partial charge >= 0.3 is 0 Å². The third-order valence-corrected chi connectivity index (χ3v) is 6.10. The van der Waals surface area contributed by atoms with Crippen molar-refractivity contribution in [2.75, 3.05) is 6.61 Å². The van der Waals surface area contributed by atoms with Gasteiger partial charge in [-0.05, 0) is 31.5 Å². The van der Waals surface area contributed by atoms with Gasteiger partial charge in [-0.3, -0.25) is 25.2 Å². The normalized spacial score (nSPS) is 10.7. The van der Waals surface area contributed by atoms with Gasteiger partial charge in [0.1, 0.15) is 10.6 Å². The third kappa shape index (κ3) is 4.49. The molecule has 0 radical (unpaired) electrons. The number of ether oxygens (including phenoxy) is 1. The number of amides is 2. The SMILES string of the molecule is CCOc1cc(-c2ccccc2)sc1C(=O)NNC(=O)c1nn(CC)c(=O)c2ccccc12. The molecule has 0 aliphatic heterocycles. The van der Waals surface area contributed by atoms with Gasteiger partial charge < -0.3 is 4.74 Å². The number of carbonyl (C=O) groups excluding carboxylic acids is 2. The quantitative estimate of drug-likeness (QED) is 0.426. The van der Waals surface area contributed by atoms with E-state index in [2.05, 4.69) is 16.0 Å². The molecule has 0 fully saturated rings. The molecule has 0 atom stereocenters. The van der Waals surface area contributed by atoms with Gasteiger partial charge in [-0.2, -0.15) is 5.10 Å². The second-order valence-electron chi connectivity index (χ2n) is 7.03. The van der Waals surface area contributed by atoms with E-state index in [9.17, 15) is 14.4 Å². The van der Waals surface area contributed by atoms with E-state index < -0.39 is 11.8 Å². The van der Waals surface area contributed by atoms with Crippen molar-refractivity contribution in [3.05, 3.63) is 81.6 Å². The van der Waals surface area contributed by atoms with Gasteiger partial charge in [-0.15, -0.1) is 11.3 Å². The number of carbonyl (C=O) groups is 2. The number of hydrogen-bond donors (Lipinski definition) is 2. The van der Waals surface area contributed by atoms with Crippen molar-refractivity contribution in [2.45, 2.75) is 20.4 Å². The Morgan fingerprint density at radius 2 is 1.64 bits per heavy atom. The summed E-state index contributed by atoms with van der Waals surface area (Å²) in [5.41, 5.74) is 5.59. The first-order valence-electron chi connectivity index (χ1n) is 10.5. The molecule has 2 heterocycles. The van der Waals surface area contributed by atoms with Gasteiger partial charge in [0.25, 0.3) is 17.4 Å². The van der Waals surface area contributed by atoms with E-state index in [1.807, 2.05) is 43.3 Å². The summed E-state index contributed by atoms with van der Waals surface area (Å²) < 4.78 is 6.86. The predicted molar refractivity (Wildman–Crippen MR) is 128 cm³/mol. The summed E-state index contributed by atoms with van der Waals surface area (Å²) in [5.74, 6) is -0.692. The smallest absolute Gasteiger partial charge is 0.290 e. The van der Waals surface area contributed by atoms with Gasteiger partial charge in [0.05, 0.1) is 12.0 Å². The first kappa shape index (κ1) is 22.2. The van der Waals surface area contributed by atoms with Crippen molar-refractivity contribution >= 4 is 33.9 Å². The number of rotatable bonds is 6. The highest BCUT2D eigenvalue weighted by molar-refractivity contribution is 7.17. The maximum absolute atomic E-state index is 12.9. The molecule has 33 heavy (non-hydrogen) atoms. The van der Waals surface area contributed by atoms with Crippen molar-refractivity contribution in [3.63, 3.8) is 0 Å². The lowest BCUT2D eigenvalue weighted by molar-refractivity contribution is 0.0844. The number of aryl methyl sites for hydroxylation is 1. The fourth-order valence-corrected chi connectivity index (χ4v) is 4.39. The molecule has 2 aromatic carbocycles. The van der Waals surface area contributed by atoms with Crippen molar-refractivity contribution in [3.8, 4) is 16.2 Å². The second-order valence-corrected chi connectivity index (χ2v) is 8.08. The summed E-state index contributed by atoms with van der Waals surface area (Å²) in [4.78, 5) is 39.5. The number of fused-ring (bicyclic) bond motifs is 1. The number of nitrogens with zero attached hydrogens (tertiary/aromatic N) is 2. The lowest BCUT2D eigenvalue weighted by Crippen LogP contribution is -2.42. The fraction of sp³-hybridized carbons (Fsp3) is 0.167. The van der Waals surface area contributed by atoms with Gasteiger partial charge in [0.15, 0.2) is 5.69 Å². The molecule has 0 aliphatic carbocycles. The van der Waals surface area contributed by atoms with Crippen LogP contribution in [0.2, 0.25) is 0 Å². The molecule has 2 amide bonds. The van der Waals surface area contributed by atoms with Crippen LogP contribution in [0, 0.1) is 0 Å². The number of aromatic nitrogens is 2. The largest absolute Gasteiger partial charge is 0.492 e. The Morgan fingerprint density at radius 1 is 0.970 bits per heavy atom. The standard InChI is InChI=1S/C24H22N4O4S/c1-3-28-24(31)17-13-9-8-12-16(17)20(27-28)22(29)25-26-23(30)21-18(32-4-2)14-19(33-21)15-10-6-5-7-11-15/h5-14H,3-4H2,1-2H3,(H,25,29)(H,26,30). The first-order valence-corrected chi connectivity index (χ1v) is 11.3. The van der Waals surface area contributed by atoms with E-state index >= 15 is 0 Å². The molecule has 0 saturated carbocycles. The summed E-state index contributed by atoms with van der Waals surface area (Å²) in [6.45, 7) is 4.31. The zero-order valence-electron chi connectivity index (χ0n) is 18.1. The van der Waals surface area contributed by atoms with Crippen LogP contribution < -0.4 is 21.1 Å². The van der Waals surface area contributed by atoms with Crippen molar-refractivity contribution < 1.29 is 14.3 Å². The minimum atomic E-state index is -0.625. The molecule has 4 aromatic rings. The number of benzene rings is 2. The fourth-order valence-electron chi connectivity index (χ4n) is 3.39. The first-order chi connectivity index (χ1) is 16.0. The predicted octanol–water partition coefficient (Wildman–Crippen LogP) is 3.62. The Labute approximate surface area is 193 Å². The van der Waals surface area contributed by atoms with Crippen LogP contribution in [0.4, 0.5) is 0 Å². The lowest BCUT2D eigenvalue weighted by atomic mass is 10.1. The van der Waals surface area contributed by atoms with E-state index in [1.54, 1.807) is 31.2 Å². The number of hydrazine groups is 1. The molecule has 168 valence electrons. The Balaban J connectivity index is 1.59. The molecule has 0 aliphatic rings. The Hall–Kier alpha value is -3.98. The van der Waals surface area contributed by atoms with Gasteiger partial charge in [0, 0.05) is 16.8 Å². The summed E-state index contributed by atoms with van der Waals surface area (Å²) in [7, 11) is 0. The Kier molecular flexibility index (Phi) is 6.50. The summed E-state index contributed by atoms with van der Waals surface area (Å²) in [5, 5.41) is 4.98. The Morgan fingerprint density at radius 3 is 2.33 bits per heavy atom. The maximum atomic E-state index is 12.9. The van der Waals surface area contributed by atoms with Crippen LogP contribution in [0.25, 0.3) is 21.2 Å². The monoisotopic (exact) mass is 462 g/mol. The molecule has 0 spiro atoms. The number of hydrogen-bond acceptors (Lipinski definition) is 6. The number of thiophene rings is 1.